The van der Waals surface area contributed by atoms with Crippen LogP contribution in [0.5, 0.6) is 0 Å². The molecule has 0 aliphatic heterocycles. The lowest BCUT2D eigenvalue weighted by Gasteiger charge is -2.01. The van der Waals surface area contributed by atoms with Crippen molar-refractivity contribution in [2.75, 3.05) is 6.61 Å². The summed E-state index contributed by atoms with van der Waals surface area (Å²) in [4.78, 5) is 15.7. The predicted molar refractivity (Wildman–Crippen MR) is 69.1 cm³/mol. The summed E-state index contributed by atoms with van der Waals surface area (Å²) in [6.45, 7) is 4.54. The van der Waals surface area contributed by atoms with Gasteiger partial charge in [0.25, 0.3) is 0 Å². The highest BCUT2D eigenvalue weighted by Gasteiger charge is 2.10. The molecule has 1 atom stereocenters. The molecule has 90 valence electrons. The molecule has 3 nitrogen and oxygen atoms in total. The van der Waals surface area contributed by atoms with Crippen molar-refractivity contribution in [2.24, 2.45) is 0 Å². The summed E-state index contributed by atoms with van der Waals surface area (Å²) in [7, 11) is 0. The Morgan fingerprint density at radius 2 is 2.44 bits per heavy atom. The lowest BCUT2D eigenvalue weighted by molar-refractivity contribution is -0.142. The Morgan fingerprint density at radius 1 is 1.69 bits per heavy atom. The Morgan fingerprint density at radius 3 is 3.00 bits per heavy atom. The molecule has 0 aliphatic rings. The lowest BCUT2D eigenvalue weighted by atomic mass is 10.3. The molecule has 16 heavy (non-hydrogen) atoms. The number of ether oxygens (including phenoxy) is 1. The Balaban J connectivity index is 2.37. The van der Waals surface area contributed by atoms with Gasteiger partial charge in [-0.15, -0.1) is 11.3 Å². The molecule has 0 amide bonds. The molecule has 0 aliphatic carbocycles. The minimum atomic E-state index is -0.197. The molecular formula is C11H17NO2S2. The molecule has 0 aromatic carbocycles. The highest BCUT2D eigenvalue weighted by molar-refractivity contribution is 7.80. The Kier molecular flexibility index (Phi) is 5.84. The Bertz CT molecular complexity index is 336. The normalized spacial score (nSPS) is 12.4. The van der Waals surface area contributed by atoms with Gasteiger partial charge in [-0.1, -0.05) is 13.3 Å². The summed E-state index contributed by atoms with van der Waals surface area (Å²) in [6.07, 6.45) is 2.22. The first-order valence-corrected chi connectivity index (χ1v) is 6.81. The molecular weight excluding hydrogens is 242 g/mol. The van der Waals surface area contributed by atoms with Crippen molar-refractivity contribution in [1.82, 2.24) is 4.98 Å². The number of carbonyl (C=O) groups excluding carboxylic acids is 1. The zero-order valence-corrected chi connectivity index (χ0v) is 11.3. The summed E-state index contributed by atoms with van der Waals surface area (Å²) in [5.74, 6) is -0.197. The van der Waals surface area contributed by atoms with Crippen LogP contribution in [0, 0.1) is 0 Å². The standard InChI is InChI=1S/C11H17NO2S2/c1-3-4-5-14-10(13)6-9-7-16-11(12-9)8(2)15/h7-8,15H,3-6H2,1-2H3. The van der Waals surface area contributed by atoms with E-state index in [-0.39, 0.29) is 17.6 Å². The van der Waals surface area contributed by atoms with Gasteiger partial charge in [0, 0.05) is 5.38 Å². The van der Waals surface area contributed by atoms with Gasteiger partial charge < -0.3 is 4.74 Å². The van der Waals surface area contributed by atoms with Gasteiger partial charge in [-0.25, -0.2) is 4.98 Å². The Labute approximate surface area is 106 Å². The van der Waals surface area contributed by atoms with Crippen LogP contribution in [-0.2, 0) is 16.0 Å². The van der Waals surface area contributed by atoms with Crippen molar-refractivity contribution in [3.63, 3.8) is 0 Å². The molecule has 1 aromatic heterocycles. The van der Waals surface area contributed by atoms with E-state index in [1.807, 2.05) is 12.3 Å². The van der Waals surface area contributed by atoms with E-state index in [1.54, 1.807) is 0 Å². The van der Waals surface area contributed by atoms with Gasteiger partial charge in [0.05, 0.1) is 24.0 Å². The number of aromatic nitrogens is 1. The molecule has 1 aromatic rings. The second-order valence-electron chi connectivity index (χ2n) is 3.60. The van der Waals surface area contributed by atoms with E-state index >= 15 is 0 Å². The zero-order valence-electron chi connectivity index (χ0n) is 9.60. The van der Waals surface area contributed by atoms with Crippen LogP contribution in [0.2, 0.25) is 0 Å². The van der Waals surface area contributed by atoms with Crippen LogP contribution in [0.4, 0.5) is 0 Å². The smallest absolute Gasteiger partial charge is 0.311 e. The maximum Gasteiger partial charge on any atom is 0.311 e. The van der Waals surface area contributed by atoms with Gasteiger partial charge in [-0.05, 0) is 13.3 Å². The number of unbranched alkanes of at least 4 members (excludes halogenated alkanes) is 1. The van der Waals surface area contributed by atoms with Crippen LogP contribution < -0.4 is 0 Å². The number of hydrogen-bond donors (Lipinski definition) is 1. The van der Waals surface area contributed by atoms with Crippen molar-refractivity contribution in [2.45, 2.75) is 38.4 Å². The quantitative estimate of drug-likeness (QED) is 0.485. The van der Waals surface area contributed by atoms with Crippen LogP contribution >= 0.6 is 24.0 Å². The minimum absolute atomic E-state index is 0.120. The van der Waals surface area contributed by atoms with Gasteiger partial charge >= 0.3 is 5.97 Å². The highest BCUT2D eigenvalue weighted by Crippen LogP contribution is 2.22. The highest BCUT2D eigenvalue weighted by atomic mass is 32.1. The van der Waals surface area contributed by atoms with Gasteiger partial charge in [0.1, 0.15) is 5.01 Å². The van der Waals surface area contributed by atoms with Crippen molar-refractivity contribution in [1.29, 1.82) is 0 Å². The fourth-order valence-corrected chi connectivity index (χ4v) is 2.13. The van der Waals surface area contributed by atoms with Crippen molar-refractivity contribution < 1.29 is 9.53 Å². The van der Waals surface area contributed by atoms with Crippen molar-refractivity contribution in [3.8, 4) is 0 Å². The number of esters is 1. The van der Waals surface area contributed by atoms with Gasteiger partial charge in [-0.2, -0.15) is 12.6 Å². The van der Waals surface area contributed by atoms with E-state index in [1.165, 1.54) is 11.3 Å². The predicted octanol–water partition coefficient (Wildman–Crippen LogP) is 3.02. The molecule has 0 radical (unpaired) electrons. The fourth-order valence-electron chi connectivity index (χ4n) is 1.12. The molecule has 1 rings (SSSR count). The van der Waals surface area contributed by atoms with Gasteiger partial charge in [0.15, 0.2) is 0 Å². The molecule has 5 heteroatoms. The lowest BCUT2D eigenvalue weighted by Crippen LogP contribution is -2.09. The SMILES string of the molecule is CCCCOC(=O)Cc1csc(C(C)S)n1. The molecule has 0 saturated carbocycles. The number of thiol groups is 1. The molecule has 0 saturated heterocycles. The first-order chi connectivity index (χ1) is 7.63. The molecule has 1 unspecified atom stereocenters. The number of hydrogen-bond acceptors (Lipinski definition) is 5. The number of thiazole rings is 1. The number of carbonyl (C=O) groups is 1. The molecule has 0 bridgehead atoms. The van der Waals surface area contributed by atoms with E-state index in [0.717, 1.165) is 23.5 Å². The summed E-state index contributed by atoms with van der Waals surface area (Å²) in [5, 5.41) is 2.96. The second-order valence-corrected chi connectivity index (χ2v) is 5.27. The largest absolute Gasteiger partial charge is 0.465 e. The van der Waals surface area contributed by atoms with Crippen molar-refractivity contribution >= 4 is 29.9 Å². The topological polar surface area (TPSA) is 39.2 Å². The Hall–Kier alpha value is -0.550. The van der Waals surface area contributed by atoms with Crippen LogP contribution in [0.25, 0.3) is 0 Å². The van der Waals surface area contributed by atoms with Gasteiger partial charge in [-0.3, -0.25) is 4.79 Å². The first-order valence-electron chi connectivity index (χ1n) is 5.41. The summed E-state index contributed by atoms with van der Waals surface area (Å²) >= 11 is 5.83. The monoisotopic (exact) mass is 259 g/mol. The van der Waals surface area contributed by atoms with E-state index < -0.39 is 0 Å². The maximum absolute atomic E-state index is 11.4. The minimum Gasteiger partial charge on any atom is -0.465 e. The summed E-state index contributed by atoms with van der Waals surface area (Å²) in [6, 6.07) is 0. The molecule has 1 heterocycles. The molecule has 0 spiro atoms. The van der Waals surface area contributed by atoms with Gasteiger partial charge in [0.2, 0.25) is 0 Å². The zero-order chi connectivity index (χ0) is 12.0. The third-order valence-electron chi connectivity index (χ3n) is 2.01. The maximum atomic E-state index is 11.4. The summed E-state index contributed by atoms with van der Waals surface area (Å²) in [5.41, 5.74) is 0.780. The van der Waals surface area contributed by atoms with Crippen LogP contribution in [0.15, 0.2) is 5.38 Å². The average molecular weight is 259 g/mol. The number of nitrogens with zero attached hydrogens (tertiary/aromatic N) is 1. The summed E-state index contributed by atoms with van der Waals surface area (Å²) < 4.78 is 5.06. The van der Waals surface area contributed by atoms with E-state index in [9.17, 15) is 4.79 Å². The third kappa shape index (κ3) is 4.53. The molecule has 0 fully saturated rings. The first kappa shape index (κ1) is 13.5. The van der Waals surface area contributed by atoms with Crippen LogP contribution in [0.3, 0.4) is 0 Å². The second kappa shape index (κ2) is 6.91. The third-order valence-corrected chi connectivity index (χ3v) is 3.51. The van der Waals surface area contributed by atoms with E-state index in [4.69, 9.17) is 4.74 Å². The van der Waals surface area contributed by atoms with Crippen LogP contribution in [0.1, 0.15) is 42.6 Å². The van der Waals surface area contributed by atoms with E-state index in [0.29, 0.717) is 6.61 Å². The molecule has 0 N–H and O–H groups in total. The average Bonchev–Trinajstić information content (AvgIpc) is 2.66. The van der Waals surface area contributed by atoms with E-state index in [2.05, 4.69) is 24.5 Å². The fraction of sp³-hybridized carbons (Fsp3) is 0.636. The number of rotatable bonds is 6. The van der Waals surface area contributed by atoms with Crippen molar-refractivity contribution in [3.05, 3.63) is 16.1 Å². The van der Waals surface area contributed by atoms with Crippen LogP contribution in [-0.4, -0.2) is 17.6 Å².